The highest BCUT2D eigenvalue weighted by Crippen LogP contribution is 2.42. The van der Waals surface area contributed by atoms with Crippen molar-refractivity contribution in [2.75, 3.05) is 7.11 Å². The molecular formula is C20H17ClO. The van der Waals surface area contributed by atoms with Crippen molar-refractivity contribution in [3.63, 3.8) is 0 Å². The van der Waals surface area contributed by atoms with E-state index in [0.29, 0.717) is 0 Å². The fraction of sp³-hybridized carbons (Fsp3) is 0.200. The lowest BCUT2D eigenvalue weighted by atomic mass is 9.90. The van der Waals surface area contributed by atoms with Gasteiger partial charge in [0, 0.05) is 10.6 Å². The van der Waals surface area contributed by atoms with E-state index in [4.69, 9.17) is 16.3 Å². The average molecular weight is 309 g/mol. The van der Waals surface area contributed by atoms with Gasteiger partial charge in [0.2, 0.25) is 0 Å². The van der Waals surface area contributed by atoms with E-state index in [0.717, 1.165) is 29.2 Å². The summed E-state index contributed by atoms with van der Waals surface area (Å²) >= 11 is 6.27. The Morgan fingerprint density at radius 3 is 2.73 bits per heavy atom. The van der Waals surface area contributed by atoms with E-state index in [2.05, 4.69) is 30.3 Å². The first-order valence-electron chi connectivity index (χ1n) is 7.65. The topological polar surface area (TPSA) is 9.23 Å². The van der Waals surface area contributed by atoms with Gasteiger partial charge in [-0.1, -0.05) is 41.9 Å². The number of hydrogen-bond acceptors (Lipinski definition) is 1. The Bertz CT molecular complexity index is 867. The molecule has 0 saturated heterocycles. The summed E-state index contributed by atoms with van der Waals surface area (Å²) in [6.45, 7) is 0. The third kappa shape index (κ3) is 2.08. The van der Waals surface area contributed by atoms with Gasteiger partial charge in [0.1, 0.15) is 5.75 Å². The summed E-state index contributed by atoms with van der Waals surface area (Å²) in [6, 6.07) is 16.8. The molecule has 1 aliphatic carbocycles. The number of benzene rings is 3. The summed E-state index contributed by atoms with van der Waals surface area (Å²) in [5, 5.41) is 3.25. The maximum absolute atomic E-state index is 6.27. The van der Waals surface area contributed by atoms with Crippen LogP contribution in [0.3, 0.4) is 0 Å². The van der Waals surface area contributed by atoms with Crippen LogP contribution in [0.15, 0.2) is 48.5 Å². The Hall–Kier alpha value is -1.99. The molecule has 0 spiro atoms. The molecule has 2 heteroatoms. The molecule has 0 unspecified atom stereocenters. The molecule has 0 heterocycles. The fourth-order valence-corrected chi connectivity index (χ4v) is 3.76. The number of fused-ring (bicyclic) bond motifs is 2. The van der Waals surface area contributed by atoms with Crippen molar-refractivity contribution in [2.45, 2.75) is 19.3 Å². The van der Waals surface area contributed by atoms with E-state index in [9.17, 15) is 0 Å². The minimum Gasteiger partial charge on any atom is -0.496 e. The average Bonchev–Trinajstić information content (AvgIpc) is 3.00. The second-order valence-electron chi connectivity index (χ2n) is 5.81. The Kier molecular flexibility index (Phi) is 3.31. The molecule has 1 aliphatic rings. The van der Waals surface area contributed by atoms with Crippen molar-refractivity contribution in [1.82, 2.24) is 0 Å². The number of hydrogen-bond donors (Lipinski definition) is 0. The molecule has 3 aromatic rings. The molecule has 0 saturated carbocycles. The lowest BCUT2D eigenvalue weighted by molar-refractivity contribution is 0.416. The van der Waals surface area contributed by atoms with Crippen molar-refractivity contribution in [3.8, 4) is 16.9 Å². The summed E-state index contributed by atoms with van der Waals surface area (Å²) in [5.41, 5.74) is 5.39. The van der Waals surface area contributed by atoms with Crippen LogP contribution in [0, 0.1) is 0 Å². The van der Waals surface area contributed by atoms with Crippen molar-refractivity contribution in [1.29, 1.82) is 0 Å². The van der Waals surface area contributed by atoms with Crippen LogP contribution in [0.1, 0.15) is 17.5 Å². The molecule has 0 aliphatic heterocycles. The first kappa shape index (κ1) is 13.7. The largest absolute Gasteiger partial charge is 0.496 e. The predicted molar refractivity (Wildman–Crippen MR) is 93.0 cm³/mol. The summed E-state index contributed by atoms with van der Waals surface area (Å²) in [6.07, 6.45) is 3.52. The van der Waals surface area contributed by atoms with Gasteiger partial charge < -0.3 is 4.74 Å². The summed E-state index contributed by atoms with van der Waals surface area (Å²) < 4.78 is 5.61. The third-order valence-corrected chi connectivity index (χ3v) is 4.79. The lowest BCUT2D eigenvalue weighted by Gasteiger charge is -2.16. The van der Waals surface area contributed by atoms with Gasteiger partial charge in [-0.25, -0.2) is 0 Å². The lowest BCUT2D eigenvalue weighted by Crippen LogP contribution is -1.94. The summed E-state index contributed by atoms with van der Waals surface area (Å²) in [7, 11) is 1.73. The Morgan fingerprint density at radius 1 is 1.00 bits per heavy atom. The molecule has 0 fully saturated rings. The van der Waals surface area contributed by atoms with Crippen molar-refractivity contribution >= 4 is 22.4 Å². The van der Waals surface area contributed by atoms with Gasteiger partial charge in [0.05, 0.1) is 7.11 Å². The van der Waals surface area contributed by atoms with Crippen LogP contribution in [0.25, 0.3) is 21.9 Å². The number of para-hydroxylation sites is 1. The molecule has 22 heavy (non-hydrogen) atoms. The monoisotopic (exact) mass is 308 g/mol. The van der Waals surface area contributed by atoms with E-state index in [1.807, 2.05) is 18.2 Å². The molecular weight excluding hydrogens is 292 g/mol. The second kappa shape index (κ2) is 5.33. The Morgan fingerprint density at radius 2 is 1.86 bits per heavy atom. The van der Waals surface area contributed by atoms with Crippen molar-refractivity contribution < 1.29 is 4.74 Å². The molecule has 0 bridgehead atoms. The number of aryl methyl sites for hydroxylation is 1. The van der Waals surface area contributed by atoms with Crippen LogP contribution >= 0.6 is 11.6 Å². The normalized spacial score (nSPS) is 13.4. The number of methoxy groups -OCH3 is 1. The van der Waals surface area contributed by atoms with Gasteiger partial charge in [0.25, 0.3) is 0 Å². The van der Waals surface area contributed by atoms with E-state index in [-0.39, 0.29) is 0 Å². The van der Waals surface area contributed by atoms with Crippen molar-refractivity contribution in [3.05, 3.63) is 64.7 Å². The van der Waals surface area contributed by atoms with Gasteiger partial charge in [-0.2, -0.15) is 0 Å². The molecule has 3 aromatic carbocycles. The minimum atomic E-state index is 0.779. The van der Waals surface area contributed by atoms with Crippen molar-refractivity contribution in [2.24, 2.45) is 0 Å². The van der Waals surface area contributed by atoms with Crippen LogP contribution in [0.5, 0.6) is 5.75 Å². The molecule has 1 nitrogen and oxygen atoms in total. The quantitative estimate of drug-likeness (QED) is 0.593. The Balaban J connectivity index is 2.13. The third-order valence-electron chi connectivity index (χ3n) is 4.55. The number of halogens is 1. The first-order chi connectivity index (χ1) is 10.8. The SMILES string of the molecule is COc1ccccc1-c1c2c(cc3ccc(Cl)cc13)CCC2. The maximum atomic E-state index is 6.27. The summed E-state index contributed by atoms with van der Waals surface area (Å²) in [5.74, 6) is 0.920. The van der Waals surface area contributed by atoms with Crippen LogP contribution in [0.2, 0.25) is 5.02 Å². The van der Waals surface area contributed by atoms with Gasteiger partial charge in [-0.15, -0.1) is 0 Å². The molecule has 0 amide bonds. The number of ether oxygens (including phenoxy) is 1. The smallest absolute Gasteiger partial charge is 0.126 e. The van der Waals surface area contributed by atoms with Gasteiger partial charge >= 0.3 is 0 Å². The highest BCUT2D eigenvalue weighted by molar-refractivity contribution is 6.31. The van der Waals surface area contributed by atoms with Crippen LogP contribution in [0.4, 0.5) is 0 Å². The molecule has 0 radical (unpaired) electrons. The van der Waals surface area contributed by atoms with Gasteiger partial charge in [-0.05, 0) is 64.9 Å². The van der Waals surface area contributed by atoms with Crippen LogP contribution < -0.4 is 4.74 Å². The highest BCUT2D eigenvalue weighted by Gasteiger charge is 2.21. The molecule has 0 atom stereocenters. The highest BCUT2D eigenvalue weighted by atomic mass is 35.5. The van der Waals surface area contributed by atoms with Crippen LogP contribution in [-0.4, -0.2) is 7.11 Å². The molecule has 110 valence electrons. The fourth-order valence-electron chi connectivity index (χ4n) is 3.59. The zero-order valence-corrected chi connectivity index (χ0v) is 13.3. The molecule has 0 N–H and O–H groups in total. The first-order valence-corrected chi connectivity index (χ1v) is 8.03. The maximum Gasteiger partial charge on any atom is 0.126 e. The molecule has 4 rings (SSSR count). The zero-order chi connectivity index (χ0) is 15.1. The predicted octanol–water partition coefficient (Wildman–Crippen LogP) is 5.66. The van der Waals surface area contributed by atoms with Gasteiger partial charge in [-0.3, -0.25) is 0 Å². The standard InChI is InChI=1S/C20H17ClO/c1-22-19-8-3-2-6-17(19)20-16-7-4-5-13(16)11-14-9-10-15(21)12-18(14)20/h2-3,6,8-12H,4-5,7H2,1H3. The van der Waals surface area contributed by atoms with E-state index in [1.54, 1.807) is 7.11 Å². The Labute approximate surface area is 135 Å². The zero-order valence-electron chi connectivity index (χ0n) is 12.5. The van der Waals surface area contributed by atoms with Crippen LogP contribution in [-0.2, 0) is 12.8 Å². The van der Waals surface area contributed by atoms with E-state index >= 15 is 0 Å². The second-order valence-corrected chi connectivity index (χ2v) is 6.24. The van der Waals surface area contributed by atoms with Gasteiger partial charge in [0.15, 0.2) is 0 Å². The number of rotatable bonds is 2. The van der Waals surface area contributed by atoms with E-state index in [1.165, 1.54) is 33.9 Å². The van der Waals surface area contributed by atoms with E-state index < -0.39 is 0 Å². The molecule has 0 aromatic heterocycles. The minimum absolute atomic E-state index is 0.779. The summed E-state index contributed by atoms with van der Waals surface area (Å²) in [4.78, 5) is 0.